The molecule has 1 aromatic carbocycles. The fourth-order valence-electron chi connectivity index (χ4n) is 4.01. The number of β-amino-alcohol motifs (C(OH)–C–C–N with tert-alkyl or cyclic N) is 1. The number of piperidine rings is 1. The minimum atomic E-state index is -1.12. The lowest BCUT2D eigenvalue weighted by atomic mass is 10.0. The minimum Gasteiger partial charge on any atom is -0.389 e. The number of aliphatic hydroxyl groups excluding tert-OH is 2. The average Bonchev–Trinajstić information content (AvgIpc) is 3.20. The third-order valence-corrected chi connectivity index (χ3v) is 6.05. The van der Waals surface area contributed by atoms with Gasteiger partial charge in [0, 0.05) is 24.7 Å². The van der Waals surface area contributed by atoms with Gasteiger partial charge in [0.2, 0.25) is 5.95 Å². The third-order valence-electron chi connectivity index (χ3n) is 5.77. The SMILES string of the molecule is CC(C)n1cnc2c(F)cc(-c3nc(N[C@@H]4CCN(C(=O)[C@@H](C)O)C[C@H]4O)ncc3Cl)cc21. The standard InChI is InChI=1S/C22H26ClFN6O3/c1-11(2)30-10-26-20-15(24)6-13(7-17(20)30)19-14(23)8-25-22(28-19)27-16-4-5-29(9-18(16)32)21(33)12(3)31/h6-8,10-12,16,18,31-32H,4-5,9H2,1-3H3,(H,25,27,28)/t12-,16-,18-/m1/s1. The van der Waals surface area contributed by atoms with Crippen LogP contribution in [0.4, 0.5) is 10.3 Å². The van der Waals surface area contributed by atoms with Crippen molar-refractivity contribution in [3.63, 3.8) is 0 Å². The Kier molecular flexibility index (Phi) is 6.51. The summed E-state index contributed by atoms with van der Waals surface area (Å²) in [4.78, 5) is 26.3. The van der Waals surface area contributed by atoms with E-state index in [4.69, 9.17) is 11.6 Å². The molecule has 3 heterocycles. The van der Waals surface area contributed by atoms with Crippen molar-refractivity contribution in [1.82, 2.24) is 24.4 Å². The Hall–Kier alpha value is -2.82. The van der Waals surface area contributed by atoms with Gasteiger partial charge in [-0.2, -0.15) is 0 Å². The van der Waals surface area contributed by atoms with E-state index in [0.717, 1.165) is 0 Å². The summed E-state index contributed by atoms with van der Waals surface area (Å²) in [6, 6.07) is 2.82. The Bertz CT molecular complexity index is 1180. The molecule has 9 nitrogen and oxygen atoms in total. The number of rotatable bonds is 5. The first-order valence-corrected chi connectivity index (χ1v) is 11.1. The van der Waals surface area contributed by atoms with Crippen LogP contribution < -0.4 is 5.32 Å². The van der Waals surface area contributed by atoms with Crippen molar-refractivity contribution in [3.8, 4) is 11.3 Å². The second kappa shape index (κ2) is 9.20. The highest BCUT2D eigenvalue weighted by Crippen LogP contribution is 2.31. The van der Waals surface area contributed by atoms with Gasteiger partial charge in [-0.1, -0.05) is 11.6 Å². The van der Waals surface area contributed by atoms with Crippen molar-refractivity contribution < 1.29 is 19.4 Å². The molecule has 4 rings (SSSR count). The summed E-state index contributed by atoms with van der Waals surface area (Å²) < 4.78 is 16.6. The maximum atomic E-state index is 14.8. The van der Waals surface area contributed by atoms with E-state index in [2.05, 4.69) is 20.3 Å². The maximum Gasteiger partial charge on any atom is 0.251 e. The molecule has 0 unspecified atom stereocenters. The zero-order valence-electron chi connectivity index (χ0n) is 18.5. The molecule has 0 saturated carbocycles. The van der Waals surface area contributed by atoms with Crippen LogP contribution in [0.25, 0.3) is 22.3 Å². The number of benzene rings is 1. The molecule has 11 heteroatoms. The number of anilines is 1. The fraction of sp³-hybridized carbons (Fsp3) is 0.455. The third kappa shape index (κ3) is 4.64. The van der Waals surface area contributed by atoms with Gasteiger partial charge in [-0.05, 0) is 39.3 Å². The van der Waals surface area contributed by atoms with Crippen LogP contribution in [0.1, 0.15) is 33.2 Å². The number of aromatic nitrogens is 4. The number of nitrogens with zero attached hydrogens (tertiary/aromatic N) is 5. The molecule has 0 aliphatic carbocycles. The van der Waals surface area contributed by atoms with Gasteiger partial charge in [0.15, 0.2) is 5.82 Å². The number of amides is 1. The van der Waals surface area contributed by atoms with Crippen molar-refractivity contribution in [3.05, 3.63) is 35.5 Å². The highest BCUT2D eigenvalue weighted by atomic mass is 35.5. The van der Waals surface area contributed by atoms with Gasteiger partial charge in [-0.25, -0.2) is 19.3 Å². The molecule has 1 aliphatic rings. The first-order chi connectivity index (χ1) is 15.7. The lowest BCUT2D eigenvalue weighted by Crippen LogP contribution is -2.53. The number of carbonyl (C=O) groups excluding carboxylic acids is 1. The number of aliphatic hydroxyl groups is 2. The number of fused-ring (bicyclic) bond motifs is 1. The number of hydrogen-bond donors (Lipinski definition) is 3. The Morgan fingerprint density at radius 3 is 2.73 bits per heavy atom. The summed E-state index contributed by atoms with van der Waals surface area (Å²) in [5, 5.41) is 23.3. The molecule has 0 bridgehead atoms. The van der Waals surface area contributed by atoms with E-state index in [-0.39, 0.29) is 29.1 Å². The molecule has 3 atom stereocenters. The van der Waals surface area contributed by atoms with Gasteiger partial charge in [0.1, 0.15) is 11.6 Å². The molecule has 0 radical (unpaired) electrons. The number of carbonyl (C=O) groups is 1. The summed E-state index contributed by atoms with van der Waals surface area (Å²) in [7, 11) is 0. The fourth-order valence-corrected chi connectivity index (χ4v) is 4.21. The van der Waals surface area contributed by atoms with E-state index < -0.39 is 30.0 Å². The van der Waals surface area contributed by atoms with E-state index in [1.54, 1.807) is 12.4 Å². The Morgan fingerprint density at radius 2 is 2.06 bits per heavy atom. The van der Waals surface area contributed by atoms with Gasteiger partial charge in [0.05, 0.1) is 40.9 Å². The van der Waals surface area contributed by atoms with Crippen LogP contribution in [0, 0.1) is 5.82 Å². The molecule has 1 fully saturated rings. The number of likely N-dealkylation sites (tertiary alicyclic amines) is 1. The number of imidazole rings is 1. The van der Waals surface area contributed by atoms with Crippen LogP contribution in [0.3, 0.4) is 0 Å². The van der Waals surface area contributed by atoms with Gasteiger partial charge >= 0.3 is 0 Å². The van der Waals surface area contributed by atoms with Crippen LogP contribution in [0.2, 0.25) is 5.02 Å². The summed E-state index contributed by atoms with van der Waals surface area (Å²) >= 11 is 6.35. The Balaban J connectivity index is 1.59. The van der Waals surface area contributed by atoms with Crippen LogP contribution >= 0.6 is 11.6 Å². The number of hydrogen-bond acceptors (Lipinski definition) is 7. The zero-order valence-corrected chi connectivity index (χ0v) is 19.3. The molecule has 0 spiro atoms. The van der Waals surface area contributed by atoms with Gasteiger partial charge in [0.25, 0.3) is 5.91 Å². The lowest BCUT2D eigenvalue weighted by molar-refractivity contribution is -0.142. The summed E-state index contributed by atoms with van der Waals surface area (Å²) in [5.74, 6) is -0.668. The molecular weight excluding hydrogens is 451 g/mol. The zero-order chi connectivity index (χ0) is 23.9. The summed E-state index contributed by atoms with van der Waals surface area (Å²) in [6.07, 6.45) is 1.47. The van der Waals surface area contributed by atoms with Gasteiger partial charge in [-0.3, -0.25) is 4.79 Å². The van der Waals surface area contributed by atoms with Crippen molar-refractivity contribution in [2.45, 2.75) is 51.5 Å². The first kappa shape index (κ1) is 23.3. The lowest BCUT2D eigenvalue weighted by Gasteiger charge is -2.36. The van der Waals surface area contributed by atoms with Gasteiger partial charge < -0.3 is 25.0 Å². The van der Waals surface area contributed by atoms with Crippen molar-refractivity contribution in [1.29, 1.82) is 0 Å². The molecular formula is C22H26ClFN6O3. The topological polar surface area (TPSA) is 116 Å². The molecule has 33 heavy (non-hydrogen) atoms. The summed E-state index contributed by atoms with van der Waals surface area (Å²) in [6.45, 7) is 5.83. The molecule has 1 saturated heterocycles. The normalized spacial score (nSPS) is 19.8. The van der Waals surface area contributed by atoms with E-state index in [9.17, 15) is 19.4 Å². The quantitative estimate of drug-likeness (QED) is 0.518. The number of nitrogens with one attached hydrogen (secondary N) is 1. The Morgan fingerprint density at radius 1 is 1.30 bits per heavy atom. The molecule has 1 amide bonds. The average molecular weight is 477 g/mol. The number of halogens is 2. The smallest absolute Gasteiger partial charge is 0.251 e. The second-order valence-corrected chi connectivity index (χ2v) is 8.94. The minimum absolute atomic E-state index is 0.0862. The van der Waals surface area contributed by atoms with Crippen LogP contribution in [-0.2, 0) is 4.79 Å². The first-order valence-electron chi connectivity index (χ1n) is 10.8. The highest BCUT2D eigenvalue weighted by molar-refractivity contribution is 6.33. The maximum absolute atomic E-state index is 14.8. The summed E-state index contributed by atoms with van der Waals surface area (Å²) in [5.41, 5.74) is 1.74. The van der Waals surface area contributed by atoms with Gasteiger partial charge in [-0.15, -0.1) is 0 Å². The second-order valence-electron chi connectivity index (χ2n) is 8.53. The van der Waals surface area contributed by atoms with Crippen LogP contribution in [0.5, 0.6) is 0 Å². The van der Waals surface area contributed by atoms with E-state index in [1.165, 1.54) is 24.1 Å². The van der Waals surface area contributed by atoms with E-state index >= 15 is 0 Å². The monoisotopic (exact) mass is 476 g/mol. The molecule has 2 aromatic heterocycles. The molecule has 3 N–H and O–H groups in total. The van der Waals surface area contributed by atoms with Crippen molar-refractivity contribution in [2.24, 2.45) is 0 Å². The van der Waals surface area contributed by atoms with Crippen molar-refractivity contribution in [2.75, 3.05) is 18.4 Å². The van der Waals surface area contributed by atoms with E-state index in [0.29, 0.717) is 29.7 Å². The predicted molar refractivity (Wildman–Crippen MR) is 122 cm³/mol. The molecule has 3 aromatic rings. The van der Waals surface area contributed by atoms with Crippen LogP contribution in [-0.4, -0.2) is 71.9 Å². The largest absolute Gasteiger partial charge is 0.389 e. The van der Waals surface area contributed by atoms with Crippen LogP contribution in [0.15, 0.2) is 24.7 Å². The molecule has 176 valence electrons. The van der Waals surface area contributed by atoms with Crippen molar-refractivity contribution >= 4 is 34.5 Å². The molecule has 1 aliphatic heterocycles. The van der Waals surface area contributed by atoms with E-state index in [1.807, 2.05) is 18.4 Å². The highest BCUT2D eigenvalue weighted by Gasteiger charge is 2.32. The predicted octanol–water partition coefficient (Wildman–Crippen LogP) is 2.62. The Labute approximate surface area is 195 Å².